The Kier molecular flexibility index (Phi) is 7.70. The highest BCUT2D eigenvalue weighted by Crippen LogP contribution is 2.17. The monoisotopic (exact) mass is 233 g/mol. The van der Waals surface area contributed by atoms with Crippen LogP contribution in [0.15, 0.2) is 18.2 Å². The lowest BCUT2D eigenvalue weighted by atomic mass is 9.93. The molecule has 1 radical (unpaired) electrons. The number of carbonyl (C=O) groups excluding carboxylic acids is 1. The first-order valence-corrected chi connectivity index (χ1v) is 7.15. The quantitative estimate of drug-likeness (QED) is 0.531. The molecule has 0 saturated heterocycles. The van der Waals surface area contributed by atoms with Crippen LogP contribution in [0.5, 0.6) is 0 Å². The van der Waals surface area contributed by atoms with Gasteiger partial charge in [-0.05, 0) is 6.42 Å². The van der Waals surface area contributed by atoms with E-state index in [2.05, 4.69) is 13.0 Å². The van der Waals surface area contributed by atoms with Crippen molar-refractivity contribution in [2.24, 2.45) is 5.92 Å². The minimum Gasteiger partial charge on any atom is -0.293 e. The van der Waals surface area contributed by atoms with Gasteiger partial charge in [-0.2, -0.15) is 0 Å². The van der Waals surface area contributed by atoms with E-state index in [-0.39, 0.29) is 11.7 Å². The van der Waals surface area contributed by atoms with Crippen LogP contribution < -0.4 is 0 Å². The van der Waals surface area contributed by atoms with Gasteiger partial charge in [-0.25, -0.2) is 0 Å². The van der Waals surface area contributed by atoms with Crippen LogP contribution in [0, 0.1) is 12.0 Å². The first kappa shape index (κ1) is 14.2. The van der Waals surface area contributed by atoms with E-state index in [4.69, 9.17) is 0 Å². The van der Waals surface area contributed by atoms with E-state index < -0.39 is 0 Å². The molecule has 0 aromatic heterocycles. The molecule has 1 heteroatoms. The van der Waals surface area contributed by atoms with Gasteiger partial charge in [0.1, 0.15) is 0 Å². The molecule has 0 N–H and O–H groups in total. The molecule has 95 valence electrons. The third-order valence-corrected chi connectivity index (χ3v) is 3.37. The lowest BCUT2D eigenvalue weighted by Crippen LogP contribution is -2.11. The average Bonchev–Trinajstić information content (AvgIpc) is 2.35. The zero-order valence-corrected chi connectivity index (χ0v) is 11.1. The second-order valence-electron chi connectivity index (χ2n) is 4.93. The molecule has 1 aliphatic rings. The van der Waals surface area contributed by atoms with Crippen LogP contribution >= 0.6 is 0 Å². The molecule has 1 aliphatic carbocycles. The van der Waals surface area contributed by atoms with Gasteiger partial charge in [0.15, 0.2) is 5.78 Å². The minimum atomic E-state index is 0.111. The molecular formula is C16H25O. The SMILES string of the molecule is CCCCCCCCCCC1C=CC=[C]C1=O. The molecule has 0 aromatic carbocycles. The summed E-state index contributed by atoms with van der Waals surface area (Å²) >= 11 is 0. The summed E-state index contributed by atoms with van der Waals surface area (Å²) in [4.78, 5) is 11.4. The van der Waals surface area contributed by atoms with Crippen molar-refractivity contribution >= 4 is 5.78 Å². The fourth-order valence-corrected chi connectivity index (χ4v) is 2.24. The van der Waals surface area contributed by atoms with Crippen LogP contribution in [0.2, 0.25) is 0 Å². The Balaban J connectivity index is 1.92. The van der Waals surface area contributed by atoms with Crippen molar-refractivity contribution in [2.45, 2.75) is 64.7 Å². The number of allylic oxidation sites excluding steroid dienone is 4. The summed E-state index contributed by atoms with van der Waals surface area (Å²) in [6.45, 7) is 2.25. The summed E-state index contributed by atoms with van der Waals surface area (Å²) in [5.41, 5.74) is 0. The lowest BCUT2D eigenvalue weighted by molar-refractivity contribution is -0.117. The van der Waals surface area contributed by atoms with Crippen LogP contribution in [0.4, 0.5) is 0 Å². The topological polar surface area (TPSA) is 17.1 Å². The molecule has 17 heavy (non-hydrogen) atoms. The van der Waals surface area contributed by atoms with Crippen LogP contribution in [-0.2, 0) is 4.79 Å². The van der Waals surface area contributed by atoms with E-state index in [9.17, 15) is 4.79 Å². The van der Waals surface area contributed by atoms with Gasteiger partial charge in [0.25, 0.3) is 0 Å². The van der Waals surface area contributed by atoms with Crippen molar-refractivity contribution in [2.75, 3.05) is 0 Å². The van der Waals surface area contributed by atoms with E-state index in [1.165, 1.54) is 51.4 Å². The molecule has 0 heterocycles. The van der Waals surface area contributed by atoms with Crippen LogP contribution in [0.3, 0.4) is 0 Å². The molecule has 0 aliphatic heterocycles. The van der Waals surface area contributed by atoms with Crippen LogP contribution in [0.1, 0.15) is 64.7 Å². The maximum atomic E-state index is 11.4. The first-order valence-electron chi connectivity index (χ1n) is 7.15. The minimum absolute atomic E-state index is 0.111. The summed E-state index contributed by atoms with van der Waals surface area (Å²) < 4.78 is 0. The number of hydrogen-bond donors (Lipinski definition) is 0. The molecule has 0 spiro atoms. The van der Waals surface area contributed by atoms with E-state index in [0.717, 1.165) is 6.42 Å². The van der Waals surface area contributed by atoms with Crippen molar-refractivity contribution in [3.05, 3.63) is 24.3 Å². The molecule has 1 nitrogen and oxygen atoms in total. The van der Waals surface area contributed by atoms with Gasteiger partial charge in [-0.1, -0.05) is 76.5 Å². The second-order valence-corrected chi connectivity index (χ2v) is 4.93. The number of carbonyl (C=O) groups is 1. The molecular weight excluding hydrogens is 208 g/mol. The van der Waals surface area contributed by atoms with Crippen LogP contribution in [0.25, 0.3) is 0 Å². The predicted molar refractivity (Wildman–Crippen MR) is 72.7 cm³/mol. The lowest BCUT2D eigenvalue weighted by Gasteiger charge is -2.10. The average molecular weight is 233 g/mol. The Bertz CT molecular complexity index is 263. The Morgan fingerprint density at radius 1 is 1.06 bits per heavy atom. The Morgan fingerprint density at radius 3 is 2.35 bits per heavy atom. The first-order chi connectivity index (χ1) is 8.34. The molecule has 1 rings (SSSR count). The van der Waals surface area contributed by atoms with Gasteiger partial charge in [0.05, 0.1) is 0 Å². The highest BCUT2D eigenvalue weighted by atomic mass is 16.1. The van der Waals surface area contributed by atoms with E-state index >= 15 is 0 Å². The second kappa shape index (κ2) is 9.21. The fraction of sp³-hybridized carbons (Fsp3) is 0.688. The van der Waals surface area contributed by atoms with E-state index in [0.29, 0.717) is 0 Å². The Labute approximate surface area is 106 Å². The largest absolute Gasteiger partial charge is 0.293 e. The summed E-state index contributed by atoms with van der Waals surface area (Å²) in [7, 11) is 0. The molecule has 0 bridgehead atoms. The predicted octanol–water partition coefficient (Wildman–Crippen LogP) is 4.63. The molecule has 1 atom stereocenters. The number of unbranched alkanes of at least 4 members (excludes halogenated alkanes) is 7. The number of Topliss-reactive ketones (excluding diaryl/α,β-unsaturated/α-hetero) is 1. The van der Waals surface area contributed by atoms with Crippen molar-refractivity contribution < 1.29 is 4.79 Å². The van der Waals surface area contributed by atoms with Crippen molar-refractivity contribution in [1.29, 1.82) is 0 Å². The standard InChI is InChI=1S/C16H25O/c1-2-3-4-5-6-7-8-9-12-15-13-10-11-14-16(15)17/h10-11,13,15H,2-9,12H2,1H3. The molecule has 1 unspecified atom stereocenters. The van der Waals surface area contributed by atoms with Crippen LogP contribution in [-0.4, -0.2) is 5.78 Å². The highest BCUT2D eigenvalue weighted by Gasteiger charge is 2.13. The van der Waals surface area contributed by atoms with Crippen molar-refractivity contribution in [3.8, 4) is 0 Å². The third kappa shape index (κ3) is 6.45. The Hall–Kier alpha value is -0.850. The molecule has 0 aromatic rings. The maximum Gasteiger partial charge on any atom is 0.170 e. The zero-order valence-electron chi connectivity index (χ0n) is 11.1. The maximum absolute atomic E-state index is 11.4. The van der Waals surface area contributed by atoms with Gasteiger partial charge in [0.2, 0.25) is 0 Å². The normalized spacial score (nSPS) is 18.9. The summed E-state index contributed by atoms with van der Waals surface area (Å²) in [6, 6.07) is 0. The fourth-order valence-electron chi connectivity index (χ4n) is 2.24. The smallest absolute Gasteiger partial charge is 0.170 e. The van der Waals surface area contributed by atoms with Crippen molar-refractivity contribution in [3.63, 3.8) is 0 Å². The molecule has 0 amide bonds. The van der Waals surface area contributed by atoms with Gasteiger partial charge < -0.3 is 0 Å². The zero-order chi connectivity index (χ0) is 12.3. The Morgan fingerprint density at radius 2 is 1.71 bits per heavy atom. The summed E-state index contributed by atoms with van der Waals surface area (Å²) in [5, 5.41) is 0. The molecule has 0 saturated carbocycles. The van der Waals surface area contributed by atoms with Gasteiger partial charge >= 0.3 is 0 Å². The third-order valence-electron chi connectivity index (χ3n) is 3.37. The van der Waals surface area contributed by atoms with Gasteiger partial charge in [0, 0.05) is 12.0 Å². The van der Waals surface area contributed by atoms with Gasteiger partial charge in [-0.15, -0.1) is 0 Å². The number of hydrogen-bond acceptors (Lipinski definition) is 1. The molecule has 0 fully saturated rings. The van der Waals surface area contributed by atoms with Crippen molar-refractivity contribution in [1.82, 2.24) is 0 Å². The summed E-state index contributed by atoms with van der Waals surface area (Å²) in [5.74, 6) is 0.274. The van der Waals surface area contributed by atoms with E-state index in [1.54, 1.807) is 6.08 Å². The summed E-state index contributed by atoms with van der Waals surface area (Å²) in [6.07, 6.45) is 20.0. The number of rotatable bonds is 9. The van der Waals surface area contributed by atoms with Gasteiger partial charge in [-0.3, -0.25) is 4.79 Å². The van der Waals surface area contributed by atoms with E-state index in [1.807, 2.05) is 12.2 Å². The highest BCUT2D eigenvalue weighted by molar-refractivity contribution is 5.90. The number of ketones is 1.